The highest BCUT2D eigenvalue weighted by Crippen LogP contribution is 2.34. The fourth-order valence-electron chi connectivity index (χ4n) is 2.39. The Morgan fingerprint density at radius 2 is 1.95 bits per heavy atom. The van der Waals surface area contributed by atoms with Gasteiger partial charge in [-0.3, -0.25) is 4.79 Å². The minimum absolute atomic E-state index is 0.0950. The molecular weight excluding hydrogens is 274 g/mol. The Labute approximate surface area is 123 Å². The van der Waals surface area contributed by atoms with E-state index in [-0.39, 0.29) is 29.7 Å². The van der Waals surface area contributed by atoms with Gasteiger partial charge in [-0.05, 0) is 31.2 Å². The Bertz CT molecular complexity index is 489. The van der Waals surface area contributed by atoms with Crippen LogP contribution in [0.2, 0.25) is 0 Å². The molecule has 6 N–H and O–H groups in total. The highest BCUT2D eigenvalue weighted by atomic mass is 16.4. The second-order valence-electron chi connectivity index (χ2n) is 5.48. The fraction of sp³-hybridized carbons (Fsp3) is 0.533. The predicted octanol–water partition coefficient (Wildman–Crippen LogP) is 1.81. The van der Waals surface area contributed by atoms with Gasteiger partial charge in [-0.2, -0.15) is 0 Å². The van der Waals surface area contributed by atoms with Gasteiger partial charge < -0.3 is 26.2 Å². The molecule has 0 saturated heterocycles. The number of hydrogen-bond donors (Lipinski definition) is 5. The Morgan fingerprint density at radius 1 is 1.29 bits per heavy atom. The van der Waals surface area contributed by atoms with Crippen molar-refractivity contribution in [3.8, 4) is 17.2 Å². The van der Waals surface area contributed by atoms with Crippen LogP contribution in [0.4, 0.5) is 0 Å². The smallest absolute Gasteiger partial charge is 0.307 e. The van der Waals surface area contributed by atoms with E-state index in [1.54, 1.807) is 0 Å². The average Bonchev–Trinajstić information content (AvgIpc) is 2.41. The molecule has 0 fully saturated rings. The van der Waals surface area contributed by atoms with Gasteiger partial charge in [0.05, 0.1) is 5.92 Å². The zero-order valence-corrected chi connectivity index (χ0v) is 12.1. The molecule has 1 aromatic carbocycles. The monoisotopic (exact) mass is 297 g/mol. The van der Waals surface area contributed by atoms with Gasteiger partial charge >= 0.3 is 5.97 Å². The van der Waals surface area contributed by atoms with Crippen LogP contribution in [0.15, 0.2) is 12.1 Å². The van der Waals surface area contributed by atoms with E-state index >= 15 is 0 Å². The Balaban J connectivity index is 2.48. The normalized spacial score (nSPS) is 13.8. The summed E-state index contributed by atoms with van der Waals surface area (Å²) in [6.07, 6.45) is 2.51. The van der Waals surface area contributed by atoms with Crippen molar-refractivity contribution < 1.29 is 25.2 Å². The minimum Gasteiger partial charge on any atom is -0.508 e. The molecule has 0 saturated carbocycles. The summed E-state index contributed by atoms with van der Waals surface area (Å²) in [6.45, 7) is 2.09. The molecule has 0 aliphatic heterocycles. The molecule has 6 heteroatoms. The maximum absolute atomic E-state index is 10.9. The Kier molecular flexibility index (Phi) is 6.30. The van der Waals surface area contributed by atoms with E-state index in [2.05, 4.69) is 0 Å². The van der Waals surface area contributed by atoms with Crippen LogP contribution < -0.4 is 5.73 Å². The minimum atomic E-state index is -0.875. The number of phenolic OH excluding ortho intramolecular Hbond substituents is 3. The summed E-state index contributed by atoms with van der Waals surface area (Å²) in [4.78, 5) is 10.9. The van der Waals surface area contributed by atoms with Gasteiger partial charge in [0, 0.05) is 18.2 Å². The highest BCUT2D eigenvalue weighted by Gasteiger charge is 2.18. The molecule has 0 aliphatic carbocycles. The number of aliphatic carboxylic acids is 1. The molecule has 118 valence electrons. The average molecular weight is 297 g/mol. The summed E-state index contributed by atoms with van der Waals surface area (Å²) >= 11 is 0. The van der Waals surface area contributed by atoms with Crippen molar-refractivity contribution in [2.24, 2.45) is 17.6 Å². The van der Waals surface area contributed by atoms with Crippen LogP contribution in [0.1, 0.15) is 31.7 Å². The van der Waals surface area contributed by atoms with E-state index < -0.39 is 11.9 Å². The van der Waals surface area contributed by atoms with Crippen LogP contribution >= 0.6 is 0 Å². The highest BCUT2D eigenvalue weighted by molar-refractivity contribution is 5.70. The molecule has 0 aromatic heterocycles. The molecule has 6 nitrogen and oxygen atoms in total. The zero-order chi connectivity index (χ0) is 16.0. The third-order valence-corrected chi connectivity index (χ3v) is 3.62. The molecular formula is C15H23NO5. The molecule has 0 amide bonds. The van der Waals surface area contributed by atoms with Crippen LogP contribution in [0.3, 0.4) is 0 Å². The third kappa shape index (κ3) is 5.15. The Morgan fingerprint density at radius 3 is 2.52 bits per heavy atom. The van der Waals surface area contributed by atoms with Gasteiger partial charge in [0.2, 0.25) is 0 Å². The molecule has 0 bridgehead atoms. The van der Waals surface area contributed by atoms with Crippen molar-refractivity contribution in [1.82, 2.24) is 0 Å². The maximum atomic E-state index is 10.9. The number of aromatic hydroxyl groups is 3. The number of carboxylic acid groups (broad SMARTS) is 1. The summed E-state index contributed by atoms with van der Waals surface area (Å²) in [5, 5.41) is 37.4. The van der Waals surface area contributed by atoms with E-state index in [1.165, 1.54) is 6.07 Å². The predicted molar refractivity (Wildman–Crippen MR) is 78.3 cm³/mol. The third-order valence-electron chi connectivity index (χ3n) is 3.62. The lowest BCUT2D eigenvalue weighted by molar-refractivity contribution is -0.141. The summed E-state index contributed by atoms with van der Waals surface area (Å²) in [7, 11) is 0. The van der Waals surface area contributed by atoms with E-state index in [0.29, 0.717) is 24.8 Å². The quantitative estimate of drug-likeness (QED) is 0.368. The van der Waals surface area contributed by atoms with E-state index in [4.69, 9.17) is 10.8 Å². The van der Waals surface area contributed by atoms with Crippen LogP contribution in [0, 0.1) is 11.8 Å². The van der Waals surface area contributed by atoms with Crippen molar-refractivity contribution in [3.63, 3.8) is 0 Å². The number of rotatable bonds is 8. The van der Waals surface area contributed by atoms with Crippen molar-refractivity contribution in [2.75, 3.05) is 6.54 Å². The van der Waals surface area contributed by atoms with Gasteiger partial charge in [-0.15, -0.1) is 0 Å². The van der Waals surface area contributed by atoms with Crippen molar-refractivity contribution in [2.45, 2.75) is 32.6 Å². The van der Waals surface area contributed by atoms with Crippen LogP contribution in [-0.2, 0) is 11.2 Å². The number of nitrogens with two attached hydrogens (primary N) is 1. The molecule has 0 heterocycles. The second-order valence-corrected chi connectivity index (χ2v) is 5.48. The molecule has 2 unspecified atom stereocenters. The van der Waals surface area contributed by atoms with Gasteiger partial charge in [-0.25, -0.2) is 0 Å². The van der Waals surface area contributed by atoms with Crippen LogP contribution in [-0.4, -0.2) is 32.9 Å². The lowest BCUT2D eigenvalue weighted by Gasteiger charge is -2.16. The van der Waals surface area contributed by atoms with Crippen molar-refractivity contribution in [1.29, 1.82) is 0 Å². The second kappa shape index (κ2) is 7.73. The van der Waals surface area contributed by atoms with Gasteiger partial charge in [-0.1, -0.05) is 13.3 Å². The number of carbonyl (C=O) groups is 1. The SMILES string of the molecule is CC(CCCc1cc(O)cc(O)c1O)CC(CN)C(=O)O. The lowest BCUT2D eigenvalue weighted by atomic mass is 9.91. The Hall–Kier alpha value is -1.95. The molecule has 2 atom stereocenters. The van der Waals surface area contributed by atoms with E-state index in [9.17, 15) is 20.1 Å². The number of aryl methyl sites for hydroxylation is 1. The van der Waals surface area contributed by atoms with Crippen molar-refractivity contribution in [3.05, 3.63) is 17.7 Å². The van der Waals surface area contributed by atoms with Crippen LogP contribution in [0.25, 0.3) is 0 Å². The first-order valence-electron chi connectivity index (χ1n) is 7.01. The van der Waals surface area contributed by atoms with Gasteiger partial charge in [0.1, 0.15) is 5.75 Å². The number of hydrogen-bond acceptors (Lipinski definition) is 5. The molecule has 0 radical (unpaired) electrons. The lowest BCUT2D eigenvalue weighted by Crippen LogP contribution is -2.25. The fourth-order valence-corrected chi connectivity index (χ4v) is 2.39. The van der Waals surface area contributed by atoms with E-state index in [0.717, 1.165) is 12.5 Å². The first kappa shape index (κ1) is 17.1. The van der Waals surface area contributed by atoms with Crippen LogP contribution in [0.5, 0.6) is 17.2 Å². The molecule has 21 heavy (non-hydrogen) atoms. The first-order chi connectivity index (χ1) is 9.85. The number of carboxylic acids is 1. The van der Waals surface area contributed by atoms with Crippen molar-refractivity contribution >= 4 is 5.97 Å². The molecule has 1 aromatic rings. The summed E-state index contributed by atoms with van der Waals surface area (Å²) < 4.78 is 0. The largest absolute Gasteiger partial charge is 0.508 e. The maximum Gasteiger partial charge on any atom is 0.307 e. The standard InChI is InChI=1S/C15H23NO5/c1-9(5-11(8-16)15(20)21)3-2-4-10-6-12(17)7-13(18)14(10)19/h6-7,9,11,17-19H,2-5,8,16H2,1H3,(H,20,21). The summed E-state index contributed by atoms with van der Waals surface area (Å²) in [6, 6.07) is 2.50. The summed E-state index contributed by atoms with van der Waals surface area (Å²) in [5.74, 6) is -1.86. The van der Waals surface area contributed by atoms with E-state index in [1.807, 2.05) is 6.92 Å². The first-order valence-corrected chi connectivity index (χ1v) is 7.01. The molecule has 0 spiro atoms. The zero-order valence-electron chi connectivity index (χ0n) is 12.1. The number of benzene rings is 1. The number of phenols is 3. The topological polar surface area (TPSA) is 124 Å². The van der Waals surface area contributed by atoms with Gasteiger partial charge in [0.25, 0.3) is 0 Å². The van der Waals surface area contributed by atoms with Gasteiger partial charge in [0.15, 0.2) is 11.5 Å². The molecule has 0 aliphatic rings. The molecule has 1 rings (SSSR count). The summed E-state index contributed by atoms with van der Waals surface area (Å²) in [5.41, 5.74) is 5.91.